The molecule has 1 aliphatic rings. The second kappa shape index (κ2) is 12.0. The van der Waals surface area contributed by atoms with Crippen molar-refractivity contribution in [3.8, 4) is 0 Å². The highest BCUT2D eigenvalue weighted by Gasteiger charge is 2.34. The van der Waals surface area contributed by atoms with Gasteiger partial charge in [-0.25, -0.2) is 8.42 Å². The highest BCUT2D eigenvalue weighted by molar-refractivity contribution is 9.10. The lowest BCUT2D eigenvalue weighted by Gasteiger charge is -2.41. The summed E-state index contributed by atoms with van der Waals surface area (Å²) in [6, 6.07) is 14.6. The van der Waals surface area contributed by atoms with E-state index >= 15 is 0 Å². The van der Waals surface area contributed by atoms with Crippen molar-refractivity contribution in [2.24, 2.45) is 0 Å². The maximum Gasteiger partial charge on any atom is 0.241 e. The van der Waals surface area contributed by atoms with Crippen LogP contribution in [0.3, 0.4) is 0 Å². The monoisotopic (exact) mass is 549 g/mol. The summed E-state index contributed by atoms with van der Waals surface area (Å²) in [4.78, 5) is 29.7. The molecule has 1 fully saturated rings. The summed E-state index contributed by atoms with van der Waals surface area (Å²) in [5.41, 5.74) is 0.862. The number of hydrogen-bond acceptors (Lipinski definition) is 4. The van der Waals surface area contributed by atoms with Crippen molar-refractivity contribution < 1.29 is 18.0 Å². The zero-order valence-corrected chi connectivity index (χ0v) is 22.0. The van der Waals surface area contributed by atoms with E-state index in [0.717, 1.165) is 22.9 Å². The molecular formula is C25H32BrN3O4S. The maximum atomic E-state index is 13.5. The molecule has 34 heavy (non-hydrogen) atoms. The first kappa shape index (κ1) is 26.4. The standard InChI is InChI=1S/C25H32BrN3O4S/c1-3-4-10-24(30)29-16-15-28(18-19(29)2)25(31)23(17-20-8-6-5-7-9-20)27-34(32,33)22-13-11-21(26)12-14-22/h5-9,11-14,19,23,27H,3-4,10,15-18H2,1-2H3. The molecule has 2 aromatic carbocycles. The Morgan fingerprint density at radius 3 is 2.38 bits per heavy atom. The van der Waals surface area contributed by atoms with Gasteiger partial charge in [-0.05, 0) is 49.6 Å². The third-order valence-electron chi connectivity index (χ3n) is 6.01. The molecule has 0 saturated carbocycles. The first-order valence-electron chi connectivity index (χ1n) is 11.6. The molecule has 1 N–H and O–H groups in total. The summed E-state index contributed by atoms with van der Waals surface area (Å²) in [5, 5.41) is 0. The number of sulfonamides is 1. The quantitative estimate of drug-likeness (QED) is 0.517. The lowest BCUT2D eigenvalue weighted by Crippen LogP contribution is -2.59. The molecule has 0 radical (unpaired) electrons. The Labute approximate surface area is 210 Å². The number of benzene rings is 2. The Hall–Kier alpha value is -2.23. The molecule has 0 spiro atoms. The summed E-state index contributed by atoms with van der Waals surface area (Å²) >= 11 is 3.31. The zero-order valence-electron chi connectivity index (χ0n) is 19.6. The van der Waals surface area contributed by atoms with E-state index in [4.69, 9.17) is 0 Å². The number of carbonyl (C=O) groups is 2. The third kappa shape index (κ3) is 6.90. The molecule has 184 valence electrons. The largest absolute Gasteiger partial charge is 0.337 e. The zero-order chi connectivity index (χ0) is 24.7. The number of nitrogens with zero attached hydrogens (tertiary/aromatic N) is 2. The van der Waals surface area contributed by atoms with Crippen molar-refractivity contribution in [2.45, 2.75) is 56.5 Å². The van der Waals surface area contributed by atoms with Crippen LogP contribution in [-0.2, 0) is 26.0 Å². The Bertz CT molecular complexity index is 1080. The molecule has 2 unspecified atom stereocenters. The van der Waals surface area contributed by atoms with Crippen LogP contribution in [0.1, 0.15) is 38.7 Å². The number of amides is 2. The number of halogens is 1. The third-order valence-corrected chi connectivity index (χ3v) is 8.02. The van der Waals surface area contributed by atoms with Crippen LogP contribution in [0.25, 0.3) is 0 Å². The van der Waals surface area contributed by atoms with Gasteiger partial charge in [-0.15, -0.1) is 0 Å². The SMILES string of the molecule is CCCCC(=O)N1CCN(C(=O)C(Cc2ccccc2)NS(=O)(=O)c2ccc(Br)cc2)CC1C. The van der Waals surface area contributed by atoms with E-state index in [-0.39, 0.29) is 29.2 Å². The van der Waals surface area contributed by atoms with Gasteiger partial charge in [0.05, 0.1) is 4.90 Å². The van der Waals surface area contributed by atoms with E-state index < -0.39 is 16.1 Å². The van der Waals surface area contributed by atoms with Crippen LogP contribution in [0.15, 0.2) is 64.0 Å². The Kier molecular flexibility index (Phi) is 9.27. The van der Waals surface area contributed by atoms with Crippen LogP contribution in [0.5, 0.6) is 0 Å². The summed E-state index contributed by atoms with van der Waals surface area (Å²) < 4.78 is 29.6. The lowest BCUT2D eigenvalue weighted by atomic mass is 10.0. The molecule has 2 atom stereocenters. The molecule has 2 aromatic rings. The minimum absolute atomic E-state index is 0.0984. The number of rotatable bonds is 9. The van der Waals surface area contributed by atoms with Gasteiger partial charge in [0.2, 0.25) is 21.8 Å². The van der Waals surface area contributed by atoms with E-state index in [0.29, 0.717) is 26.1 Å². The maximum absolute atomic E-state index is 13.5. The molecule has 1 aliphatic heterocycles. The van der Waals surface area contributed by atoms with Crippen molar-refractivity contribution in [3.05, 3.63) is 64.6 Å². The normalized spacial score (nSPS) is 17.4. The molecule has 1 heterocycles. The van der Waals surface area contributed by atoms with E-state index in [9.17, 15) is 18.0 Å². The Balaban J connectivity index is 1.77. The van der Waals surface area contributed by atoms with Crippen LogP contribution >= 0.6 is 15.9 Å². The summed E-state index contributed by atoms with van der Waals surface area (Å²) in [7, 11) is -3.91. The molecule has 2 amide bonds. The molecule has 9 heteroatoms. The van der Waals surface area contributed by atoms with Gasteiger partial charge in [-0.3, -0.25) is 9.59 Å². The van der Waals surface area contributed by atoms with Crippen LogP contribution in [0.4, 0.5) is 0 Å². The van der Waals surface area contributed by atoms with Crippen molar-refractivity contribution in [3.63, 3.8) is 0 Å². The predicted octanol–water partition coefficient (Wildman–Crippen LogP) is 3.59. The highest BCUT2D eigenvalue weighted by Crippen LogP contribution is 2.18. The number of nitrogens with one attached hydrogen (secondary N) is 1. The second-order valence-electron chi connectivity index (χ2n) is 8.64. The number of piperazine rings is 1. The van der Waals surface area contributed by atoms with Gasteiger partial charge in [0.1, 0.15) is 6.04 Å². The molecule has 1 saturated heterocycles. The molecule has 3 rings (SSSR count). The van der Waals surface area contributed by atoms with Crippen molar-refractivity contribution in [1.29, 1.82) is 0 Å². The van der Waals surface area contributed by atoms with Crippen molar-refractivity contribution in [1.82, 2.24) is 14.5 Å². The first-order chi connectivity index (χ1) is 16.2. The van der Waals surface area contributed by atoms with Crippen LogP contribution < -0.4 is 4.72 Å². The highest BCUT2D eigenvalue weighted by atomic mass is 79.9. The van der Waals surface area contributed by atoms with Gasteiger partial charge in [0, 0.05) is 36.6 Å². The number of unbranched alkanes of at least 4 members (excludes halogenated alkanes) is 1. The molecule has 0 bridgehead atoms. The van der Waals surface area contributed by atoms with Gasteiger partial charge < -0.3 is 9.80 Å². The number of carbonyl (C=O) groups excluding carboxylic acids is 2. The van der Waals surface area contributed by atoms with Crippen LogP contribution in [0.2, 0.25) is 0 Å². The van der Waals surface area contributed by atoms with Crippen molar-refractivity contribution >= 4 is 37.8 Å². The summed E-state index contributed by atoms with van der Waals surface area (Å²) in [6.07, 6.45) is 2.55. The van der Waals surface area contributed by atoms with Crippen LogP contribution in [-0.4, -0.2) is 61.7 Å². The molecular weight excluding hydrogens is 518 g/mol. The number of hydrogen-bond donors (Lipinski definition) is 1. The molecule has 0 aliphatic carbocycles. The fourth-order valence-electron chi connectivity index (χ4n) is 4.12. The van der Waals surface area contributed by atoms with E-state index in [2.05, 4.69) is 27.6 Å². The van der Waals surface area contributed by atoms with E-state index in [1.54, 1.807) is 17.0 Å². The smallest absolute Gasteiger partial charge is 0.241 e. The average molecular weight is 551 g/mol. The van der Waals surface area contributed by atoms with E-state index in [1.807, 2.05) is 42.2 Å². The fraction of sp³-hybridized carbons (Fsp3) is 0.440. The second-order valence-corrected chi connectivity index (χ2v) is 11.3. The van der Waals surface area contributed by atoms with E-state index in [1.165, 1.54) is 12.1 Å². The topological polar surface area (TPSA) is 86.8 Å². The van der Waals surface area contributed by atoms with Gasteiger partial charge in [-0.2, -0.15) is 4.72 Å². The molecule has 7 nitrogen and oxygen atoms in total. The molecule has 0 aromatic heterocycles. The fourth-order valence-corrected chi connectivity index (χ4v) is 5.57. The summed E-state index contributed by atoms with van der Waals surface area (Å²) in [6.45, 7) is 5.19. The predicted molar refractivity (Wildman–Crippen MR) is 136 cm³/mol. The lowest BCUT2D eigenvalue weighted by molar-refractivity contribution is -0.143. The van der Waals surface area contributed by atoms with Gasteiger partial charge in [-0.1, -0.05) is 59.6 Å². The summed E-state index contributed by atoms with van der Waals surface area (Å²) in [5.74, 6) is -0.171. The van der Waals surface area contributed by atoms with Crippen molar-refractivity contribution in [2.75, 3.05) is 19.6 Å². The van der Waals surface area contributed by atoms with Gasteiger partial charge >= 0.3 is 0 Å². The van der Waals surface area contributed by atoms with Gasteiger partial charge in [0.25, 0.3) is 0 Å². The van der Waals surface area contributed by atoms with Crippen LogP contribution in [0, 0.1) is 0 Å². The van der Waals surface area contributed by atoms with Gasteiger partial charge in [0.15, 0.2) is 0 Å². The average Bonchev–Trinajstić information content (AvgIpc) is 2.82. The minimum Gasteiger partial charge on any atom is -0.337 e. The minimum atomic E-state index is -3.91. The Morgan fingerprint density at radius 1 is 1.09 bits per heavy atom. The first-order valence-corrected chi connectivity index (χ1v) is 13.9. The Morgan fingerprint density at radius 2 is 1.76 bits per heavy atom.